The Morgan fingerprint density at radius 1 is 0.875 bits per heavy atom. The normalized spacial score (nSPS) is 12.8. The van der Waals surface area contributed by atoms with E-state index in [9.17, 15) is 0 Å². The predicted octanol–water partition coefficient (Wildman–Crippen LogP) is 3.37. The molecule has 0 N–H and O–H groups in total. The SMILES string of the molecule is CC(P[B]c1ccccc1)c1ccccc1. The van der Waals surface area contributed by atoms with Gasteiger partial charge < -0.3 is 0 Å². The Morgan fingerprint density at radius 3 is 2.06 bits per heavy atom. The second kappa shape index (κ2) is 5.87. The maximum absolute atomic E-state index is 2.33. The van der Waals surface area contributed by atoms with Gasteiger partial charge in [-0.25, -0.2) is 0 Å². The molecule has 79 valence electrons. The van der Waals surface area contributed by atoms with Crippen LogP contribution in [-0.4, -0.2) is 7.00 Å². The topological polar surface area (TPSA) is 0 Å². The molecule has 2 unspecified atom stereocenters. The van der Waals surface area contributed by atoms with Crippen LogP contribution in [0.5, 0.6) is 0 Å². The first kappa shape index (κ1) is 11.4. The maximum Gasteiger partial charge on any atom is 0.182 e. The molecule has 1 radical (unpaired) electrons. The van der Waals surface area contributed by atoms with Crippen molar-refractivity contribution in [1.82, 2.24) is 0 Å². The second-order valence-corrected chi connectivity index (χ2v) is 5.34. The summed E-state index contributed by atoms with van der Waals surface area (Å²) >= 11 is 0. The summed E-state index contributed by atoms with van der Waals surface area (Å²) in [5.74, 6) is 0. The van der Waals surface area contributed by atoms with Gasteiger partial charge in [0.05, 0.1) is 0 Å². The molecule has 0 amide bonds. The number of rotatable bonds is 4. The molecule has 0 spiro atoms. The van der Waals surface area contributed by atoms with Crippen LogP contribution in [0.15, 0.2) is 60.7 Å². The van der Waals surface area contributed by atoms with Crippen LogP contribution in [-0.2, 0) is 0 Å². The van der Waals surface area contributed by atoms with Crippen molar-refractivity contribution in [2.24, 2.45) is 0 Å². The minimum absolute atomic E-state index is 0.612. The van der Waals surface area contributed by atoms with Gasteiger partial charge in [-0.15, -0.1) is 8.46 Å². The van der Waals surface area contributed by atoms with E-state index in [0.717, 1.165) is 8.46 Å². The third-order valence-corrected chi connectivity index (χ3v) is 3.93. The molecule has 16 heavy (non-hydrogen) atoms. The zero-order valence-electron chi connectivity index (χ0n) is 9.43. The highest BCUT2D eigenvalue weighted by Crippen LogP contribution is 2.31. The van der Waals surface area contributed by atoms with Crippen LogP contribution in [0.3, 0.4) is 0 Å². The highest BCUT2D eigenvalue weighted by molar-refractivity contribution is 7.73. The Labute approximate surface area is 100 Å². The van der Waals surface area contributed by atoms with Gasteiger partial charge in [0.25, 0.3) is 0 Å². The van der Waals surface area contributed by atoms with E-state index in [1.54, 1.807) is 0 Å². The van der Waals surface area contributed by atoms with Crippen LogP contribution in [0.4, 0.5) is 0 Å². The monoisotopic (exact) mass is 225 g/mol. The molecular weight excluding hydrogens is 210 g/mol. The van der Waals surface area contributed by atoms with Crippen molar-refractivity contribution in [2.45, 2.75) is 12.6 Å². The lowest BCUT2D eigenvalue weighted by Crippen LogP contribution is -2.09. The molecule has 0 nitrogen and oxygen atoms in total. The zero-order chi connectivity index (χ0) is 11.2. The first-order chi connectivity index (χ1) is 7.86. The average molecular weight is 225 g/mol. The maximum atomic E-state index is 2.33. The van der Waals surface area contributed by atoms with Gasteiger partial charge in [-0.2, -0.15) is 0 Å². The lowest BCUT2D eigenvalue weighted by molar-refractivity contribution is 1.10. The highest BCUT2D eigenvalue weighted by atomic mass is 31.1. The van der Waals surface area contributed by atoms with Crippen LogP contribution >= 0.6 is 8.46 Å². The van der Waals surface area contributed by atoms with Crippen LogP contribution in [0.1, 0.15) is 18.1 Å². The van der Waals surface area contributed by atoms with E-state index < -0.39 is 0 Å². The summed E-state index contributed by atoms with van der Waals surface area (Å²) in [5.41, 5.74) is 3.36. The minimum Gasteiger partial charge on any atom is -0.149 e. The fourth-order valence-corrected chi connectivity index (χ4v) is 2.63. The molecule has 0 aliphatic heterocycles. The van der Waals surface area contributed by atoms with Crippen LogP contribution < -0.4 is 5.46 Å². The molecule has 2 rings (SSSR count). The van der Waals surface area contributed by atoms with Crippen molar-refractivity contribution in [1.29, 1.82) is 0 Å². The molecule has 2 heteroatoms. The van der Waals surface area contributed by atoms with Crippen molar-refractivity contribution in [3.63, 3.8) is 0 Å². The number of hydrogen-bond acceptors (Lipinski definition) is 0. The predicted molar refractivity (Wildman–Crippen MR) is 75.0 cm³/mol. The Morgan fingerprint density at radius 2 is 1.44 bits per heavy atom. The lowest BCUT2D eigenvalue weighted by atomic mass is 9.95. The fraction of sp³-hybridized carbons (Fsp3) is 0.143. The van der Waals surface area contributed by atoms with Crippen molar-refractivity contribution >= 4 is 20.9 Å². The van der Waals surface area contributed by atoms with Crippen molar-refractivity contribution in [3.05, 3.63) is 66.2 Å². The largest absolute Gasteiger partial charge is 0.182 e. The van der Waals surface area contributed by atoms with Gasteiger partial charge >= 0.3 is 0 Å². The van der Waals surface area contributed by atoms with Gasteiger partial charge in [-0.05, 0) is 11.2 Å². The quantitative estimate of drug-likeness (QED) is 0.552. The van der Waals surface area contributed by atoms with Gasteiger partial charge in [-0.3, -0.25) is 0 Å². The number of hydrogen-bond donors (Lipinski definition) is 0. The Bertz CT molecular complexity index is 413. The summed E-state index contributed by atoms with van der Waals surface area (Å²) in [6.07, 6.45) is 0. The highest BCUT2D eigenvalue weighted by Gasteiger charge is 2.05. The molecule has 0 aliphatic carbocycles. The molecule has 2 aromatic carbocycles. The van der Waals surface area contributed by atoms with E-state index in [1.165, 1.54) is 11.0 Å². The smallest absolute Gasteiger partial charge is 0.149 e. The van der Waals surface area contributed by atoms with Gasteiger partial charge in [0, 0.05) is 0 Å². The minimum atomic E-state index is 0.612. The van der Waals surface area contributed by atoms with Crippen LogP contribution in [0.2, 0.25) is 0 Å². The molecule has 0 heterocycles. The van der Waals surface area contributed by atoms with Crippen LogP contribution in [0, 0.1) is 0 Å². The van der Waals surface area contributed by atoms with E-state index in [1.807, 2.05) is 0 Å². The van der Waals surface area contributed by atoms with Gasteiger partial charge in [0.15, 0.2) is 7.00 Å². The van der Waals surface area contributed by atoms with Gasteiger partial charge in [-0.1, -0.05) is 73.1 Å². The molecule has 2 atom stereocenters. The molecular formula is C14H15BP. The molecule has 2 aromatic rings. The third-order valence-electron chi connectivity index (χ3n) is 2.60. The fourth-order valence-electron chi connectivity index (χ4n) is 1.61. The molecule has 0 bridgehead atoms. The van der Waals surface area contributed by atoms with E-state index in [-0.39, 0.29) is 0 Å². The standard InChI is InChI=1S/C14H15BP/c1-12(13-8-4-2-5-9-13)16-15-14-10-6-3-7-11-14/h2-12,16H,1H3. The van der Waals surface area contributed by atoms with E-state index in [4.69, 9.17) is 0 Å². The first-order valence-corrected chi connectivity index (χ1v) is 6.71. The van der Waals surface area contributed by atoms with E-state index in [2.05, 4.69) is 74.6 Å². The van der Waals surface area contributed by atoms with Gasteiger partial charge in [0.1, 0.15) is 0 Å². The Kier molecular flexibility index (Phi) is 4.19. The molecule has 0 aliphatic rings. The summed E-state index contributed by atoms with van der Waals surface area (Å²) in [7, 11) is 0.836. The molecule has 0 saturated carbocycles. The first-order valence-electron chi connectivity index (χ1n) is 5.55. The van der Waals surface area contributed by atoms with Crippen molar-refractivity contribution < 1.29 is 0 Å². The summed E-state index contributed by atoms with van der Waals surface area (Å²) in [6, 6.07) is 21.2. The summed E-state index contributed by atoms with van der Waals surface area (Å²) in [6.45, 7) is 4.62. The molecule has 0 fully saturated rings. The Balaban J connectivity index is 1.92. The summed E-state index contributed by atoms with van der Waals surface area (Å²) in [5, 5.41) is 0. The Hall–Kier alpha value is -1.07. The van der Waals surface area contributed by atoms with Crippen molar-refractivity contribution in [3.8, 4) is 0 Å². The third kappa shape index (κ3) is 3.22. The summed E-state index contributed by atoms with van der Waals surface area (Å²) in [4.78, 5) is 0. The summed E-state index contributed by atoms with van der Waals surface area (Å²) < 4.78 is 0. The van der Waals surface area contributed by atoms with Crippen LogP contribution in [0.25, 0.3) is 0 Å². The molecule has 0 saturated heterocycles. The number of benzene rings is 2. The zero-order valence-corrected chi connectivity index (χ0v) is 10.4. The van der Waals surface area contributed by atoms with E-state index >= 15 is 0 Å². The van der Waals surface area contributed by atoms with E-state index in [0.29, 0.717) is 5.66 Å². The average Bonchev–Trinajstić information content (AvgIpc) is 2.38. The molecule has 0 aromatic heterocycles. The second-order valence-electron chi connectivity index (χ2n) is 3.85. The lowest BCUT2D eigenvalue weighted by Gasteiger charge is -2.11. The van der Waals surface area contributed by atoms with Gasteiger partial charge in [0.2, 0.25) is 0 Å². The van der Waals surface area contributed by atoms with Crippen molar-refractivity contribution in [2.75, 3.05) is 0 Å².